The van der Waals surface area contributed by atoms with Crippen LogP contribution in [0.3, 0.4) is 0 Å². The number of benzene rings is 2. The lowest BCUT2D eigenvalue weighted by Crippen LogP contribution is -2.25. The van der Waals surface area contributed by atoms with Crippen LogP contribution in [0.15, 0.2) is 53.5 Å². The summed E-state index contributed by atoms with van der Waals surface area (Å²) in [6.07, 6.45) is 1.65. The molecule has 1 unspecified atom stereocenters. The fourth-order valence-electron chi connectivity index (χ4n) is 3.01. The van der Waals surface area contributed by atoms with E-state index in [0.29, 0.717) is 22.0 Å². The summed E-state index contributed by atoms with van der Waals surface area (Å²) in [7, 11) is 0. The third kappa shape index (κ3) is 3.26. The van der Waals surface area contributed by atoms with E-state index in [1.165, 1.54) is 4.57 Å². The number of anilines is 1. The fourth-order valence-corrected chi connectivity index (χ4v) is 3.01. The van der Waals surface area contributed by atoms with Gasteiger partial charge in [-0.3, -0.25) is 9.59 Å². The molecule has 0 spiro atoms. The van der Waals surface area contributed by atoms with Crippen LogP contribution in [0.5, 0.6) is 0 Å². The number of aliphatic hydroxyl groups excluding tert-OH is 1. The summed E-state index contributed by atoms with van der Waals surface area (Å²) >= 11 is 0. The number of aliphatic hydroxyl groups is 1. The summed E-state index contributed by atoms with van der Waals surface area (Å²) in [4.78, 5) is 25.4. The average molecular weight is 350 g/mol. The number of nitrogens with zero attached hydrogens (tertiary/aromatic N) is 1. The van der Waals surface area contributed by atoms with E-state index >= 15 is 0 Å². The molecule has 26 heavy (non-hydrogen) atoms. The van der Waals surface area contributed by atoms with Crippen LogP contribution in [0.2, 0.25) is 0 Å². The summed E-state index contributed by atoms with van der Waals surface area (Å²) < 4.78 is 1.50. The molecule has 2 aromatic carbocycles. The Hall–Kier alpha value is -2.92. The van der Waals surface area contributed by atoms with Crippen molar-refractivity contribution in [2.45, 2.75) is 26.8 Å². The SMILES string of the molecule is Cc1ccc(C)c(C(=O)Nc2cccc3c(=O)n(C(C)CO)ccc23)c1. The van der Waals surface area contributed by atoms with Gasteiger partial charge in [-0.15, -0.1) is 0 Å². The van der Waals surface area contributed by atoms with Crippen LogP contribution < -0.4 is 10.9 Å². The average Bonchev–Trinajstić information content (AvgIpc) is 2.64. The maximum atomic E-state index is 12.7. The van der Waals surface area contributed by atoms with Crippen LogP contribution in [0, 0.1) is 13.8 Å². The Morgan fingerprint density at radius 1 is 1.15 bits per heavy atom. The molecule has 0 saturated carbocycles. The highest BCUT2D eigenvalue weighted by Gasteiger charge is 2.14. The predicted molar refractivity (Wildman–Crippen MR) is 104 cm³/mol. The van der Waals surface area contributed by atoms with E-state index in [0.717, 1.165) is 11.1 Å². The molecule has 5 nitrogen and oxygen atoms in total. The van der Waals surface area contributed by atoms with E-state index in [4.69, 9.17) is 0 Å². The molecule has 1 amide bonds. The van der Waals surface area contributed by atoms with Crippen molar-refractivity contribution in [2.24, 2.45) is 0 Å². The lowest BCUT2D eigenvalue weighted by atomic mass is 10.0. The van der Waals surface area contributed by atoms with Crippen molar-refractivity contribution in [3.05, 3.63) is 75.7 Å². The molecule has 134 valence electrons. The molecule has 5 heteroatoms. The molecule has 2 N–H and O–H groups in total. The largest absolute Gasteiger partial charge is 0.394 e. The quantitative estimate of drug-likeness (QED) is 0.757. The number of fused-ring (bicyclic) bond motifs is 1. The lowest BCUT2D eigenvalue weighted by Gasteiger charge is -2.15. The van der Waals surface area contributed by atoms with Crippen molar-refractivity contribution in [2.75, 3.05) is 11.9 Å². The van der Waals surface area contributed by atoms with Gasteiger partial charge in [-0.1, -0.05) is 23.8 Å². The molecule has 0 saturated heterocycles. The van der Waals surface area contributed by atoms with E-state index in [9.17, 15) is 14.7 Å². The van der Waals surface area contributed by atoms with Gasteiger partial charge in [0.05, 0.1) is 12.6 Å². The van der Waals surface area contributed by atoms with Crippen molar-refractivity contribution < 1.29 is 9.90 Å². The van der Waals surface area contributed by atoms with Crippen LogP contribution in [0.1, 0.15) is 34.5 Å². The zero-order valence-corrected chi connectivity index (χ0v) is 15.1. The van der Waals surface area contributed by atoms with Crippen LogP contribution in [0.4, 0.5) is 5.69 Å². The van der Waals surface area contributed by atoms with Crippen molar-refractivity contribution in [1.82, 2.24) is 4.57 Å². The molecule has 0 aliphatic heterocycles. The Balaban J connectivity index is 2.03. The molecule has 0 radical (unpaired) electrons. The normalized spacial score (nSPS) is 12.2. The topological polar surface area (TPSA) is 71.3 Å². The standard InChI is InChI=1S/C21H22N2O3/c1-13-7-8-14(2)18(11-13)20(25)22-19-6-4-5-17-16(19)9-10-23(21(17)26)15(3)12-24/h4-11,15,24H,12H2,1-3H3,(H,22,25). The van der Waals surface area contributed by atoms with Crippen molar-refractivity contribution in [3.8, 4) is 0 Å². The molecular weight excluding hydrogens is 328 g/mol. The number of aromatic nitrogens is 1. The molecule has 3 aromatic rings. The summed E-state index contributed by atoms with van der Waals surface area (Å²) in [6.45, 7) is 5.50. The van der Waals surface area contributed by atoms with Gasteiger partial charge in [0, 0.05) is 28.2 Å². The molecule has 1 heterocycles. The lowest BCUT2D eigenvalue weighted by molar-refractivity contribution is 0.102. The molecule has 0 aliphatic rings. The minimum Gasteiger partial charge on any atom is -0.394 e. The first-order valence-electron chi connectivity index (χ1n) is 8.55. The van der Waals surface area contributed by atoms with Gasteiger partial charge in [-0.25, -0.2) is 0 Å². The van der Waals surface area contributed by atoms with Gasteiger partial charge in [0.1, 0.15) is 0 Å². The number of amides is 1. The van der Waals surface area contributed by atoms with Crippen LogP contribution in [0.25, 0.3) is 10.8 Å². The molecule has 0 aliphatic carbocycles. The van der Waals surface area contributed by atoms with Gasteiger partial charge in [0.25, 0.3) is 11.5 Å². The summed E-state index contributed by atoms with van der Waals surface area (Å²) in [5, 5.41) is 13.4. The number of hydrogen-bond donors (Lipinski definition) is 2. The molecular formula is C21H22N2O3. The molecule has 0 fully saturated rings. The number of carbonyl (C=O) groups excluding carboxylic acids is 1. The zero-order valence-electron chi connectivity index (χ0n) is 15.1. The third-order valence-corrected chi connectivity index (χ3v) is 4.60. The maximum absolute atomic E-state index is 12.7. The predicted octanol–water partition coefficient (Wildman–Crippen LogP) is 3.42. The Morgan fingerprint density at radius 3 is 2.65 bits per heavy atom. The van der Waals surface area contributed by atoms with E-state index in [-0.39, 0.29) is 24.1 Å². The fraction of sp³-hybridized carbons (Fsp3) is 0.238. The second-order valence-electron chi connectivity index (χ2n) is 6.60. The summed E-state index contributed by atoms with van der Waals surface area (Å²) in [5.41, 5.74) is 2.93. The molecule has 3 rings (SSSR count). The smallest absolute Gasteiger partial charge is 0.258 e. The first kappa shape index (κ1) is 17.9. The minimum atomic E-state index is -0.305. The van der Waals surface area contributed by atoms with E-state index in [1.807, 2.05) is 32.0 Å². The Kier molecular flexibility index (Phi) is 4.91. The van der Waals surface area contributed by atoms with E-state index in [1.54, 1.807) is 37.4 Å². The van der Waals surface area contributed by atoms with Gasteiger partial charge in [0.2, 0.25) is 0 Å². The number of hydrogen-bond acceptors (Lipinski definition) is 3. The van der Waals surface area contributed by atoms with Gasteiger partial charge in [0.15, 0.2) is 0 Å². The Morgan fingerprint density at radius 2 is 1.92 bits per heavy atom. The maximum Gasteiger partial charge on any atom is 0.258 e. The zero-order chi connectivity index (χ0) is 18.8. The van der Waals surface area contributed by atoms with E-state index in [2.05, 4.69) is 5.32 Å². The van der Waals surface area contributed by atoms with Gasteiger partial charge in [-0.05, 0) is 50.6 Å². The highest BCUT2D eigenvalue weighted by atomic mass is 16.3. The van der Waals surface area contributed by atoms with Gasteiger partial charge >= 0.3 is 0 Å². The summed E-state index contributed by atoms with van der Waals surface area (Å²) in [6, 6.07) is 12.5. The van der Waals surface area contributed by atoms with E-state index < -0.39 is 0 Å². The monoisotopic (exact) mass is 350 g/mol. The molecule has 0 bridgehead atoms. The van der Waals surface area contributed by atoms with Crippen LogP contribution in [-0.2, 0) is 0 Å². The van der Waals surface area contributed by atoms with Crippen molar-refractivity contribution in [1.29, 1.82) is 0 Å². The molecule has 1 aromatic heterocycles. The number of aryl methyl sites for hydroxylation is 2. The second kappa shape index (κ2) is 7.14. The number of nitrogens with one attached hydrogen (secondary N) is 1. The number of rotatable bonds is 4. The van der Waals surface area contributed by atoms with Crippen LogP contribution >= 0.6 is 0 Å². The highest BCUT2D eigenvalue weighted by Crippen LogP contribution is 2.23. The minimum absolute atomic E-state index is 0.117. The van der Waals surface area contributed by atoms with Gasteiger partial charge in [-0.2, -0.15) is 0 Å². The first-order chi connectivity index (χ1) is 12.4. The number of pyridine rings is 1. The Labute approximate surface area is 151 Å². The second-order valence-corrected chi connectivity index (χ2v) is 6.60. The Bertz CT molecular complexity index is 1040. The van der Waals surface area contributed by atoms with Gasteiger partial charge < -0.3 is 15.0 Å². The highest BCUT2D eigenvalue weighted by molar-refractivity contribution is 6.09. The number of carbonyl (C=O) groups is 1. The van der Waals surface area contributed by atoms with Crippen molar-refractivity contribution >= 4 is 22.4 Å². The first-order valence-corrected chi connectivity index (χ1v) is 8.55. The van der Waals surface area contributed by atoms with Crippen LogP contribution in [-0.4, -0.2) is 22.2 Å². The summed E-state index contributed by atoms with van der Waals surface area (Å²) in [5.74, 6) is -0.202. The van der Waals surface area contributed by atoms with Crippen molar-refractivity contribution in [3.63, 3.8) is 0 Å². The molecule has 1 atom stereocenters. The third-order valence-electron chi connectivity index (χ3n) is 4.60.